The number of benzene rings is 1. The molecule has 0 amide bonds. The van der Waals surface area contributed by atoms with E-state index >= 15 is 0 Å². The van der Waals surface area contributed by atoms with Crippen molar-refractivity contribution in [2.45, 2.75) is 32.2 Å². The summed E-state index contributed by atoms with van der Waals surface area (Å²) in [6.07, 6.45) is 4.40. The molecule has 0 aromatic heterocycles. The van der Waals surface area contributed by atoms with E-state index < -0.39 is 0 Å². The number of fused-ring (bicyclic) bond motifs is 1. The maximum atomic E-state index is 6.16. The summed E-state index contributed by atoms with van der Waals surface area (Å²) < 4.78 is 0. The summed E-state index contributed by atoms with van der Waals surface area (Å²) >= 11 is 6.02. The van der Waals surface area contributed by atoms with E-state index in [9.17, 15) is 0 Å². The monoisotopic (exact) mass is 221 g/mol. The first-order valence-corrected chi connectivity index (χ1v) is 5.64. The molecular weight excluding hydrogens is 206 g/mol. The number of aryl methyl sites for hydroxylation is 1. The first-order valence-electron chi connectivity index (χ1n) is 5.27. The van der Waals surface area contributed by atoms with Crippen LogP contribution in [0.4, 0.5) is 0 Å². The molecule has 0 unspecified atom stereocenters. The van der Waals surface area contributed by atoms with E-state index in [2.05, 4.69) is 12.1 Å². The zero-order valence-corrected chi connectivity index (χ0v) is 9.93. The average Bonchev–Trinajstić information content (AvgIpc) is 2.15. The lowest BCUT2D eigenvalue weighted by atomic mass is 9.81. The summed E-state index contributed by atoms with van der Waals surface area (Å²) in [7, 11) is 0. The molecule has 1 aromatic rings. The van der Waals surface area contributed by atoms with E-state index in [1.54, 1.807) is 0 Å². The van der Waals surface area contributed by atoms with Crippen molar-refractivity contribution in [1.82, 2.24) is 0 Å². The Kier molecular flexibility index (Phi) is 2.61. The van der Waals surface area contributed by atoms with Gasteiger partial charge in [0.05, 0.1) is 0 Å². The Labute approximate surface area is 95.9 Å². The first-order chi connectivity index (χ1) is 6.98. The van der Waals surface area contributed by atoms with Gasteiger partial charge in [-0.25, -0.2) is 0 Å². The molecule has 0 atom stereocenters. The van der Waals surface area contributed by atoms with E-state index in [0.717, 1.165) is 17.9 Å². The minimum atomic E-state index is -0.292. The van der Waals surface area contributed by atoms with E-state index in [1.807, 2.05) is 26.0 Å². The van der Waals surface area contributed by atoms with Crippen LogP contribution in [0.5, 0.6) is 0 Å². The molecule has 2 N–H and O–H groups in total. The van der Waals surface area contributed by atoms with Gasteiger partial charge in [-0.1, -0.05) is 23.7 Å². The van der Waals surface area contributed by atoms with Gasteiger partial charge in [0.25, 0.3) is 0 Å². The molecule has 0 heterocycles. The number of allylic oxidation sites excluding steroid dienone is 1. The molecule has 0 bridgehead atoms. The maximum absolute atomic E-state index is 6.16. The van der Waals surface area contributed by atoms with Crippen LogP contribution in [0.15, 0.2) is 24.3 Å². The Morgan fingerprint density at radius 3 is 2.73 bits per heavy atom. The van der Waals surface area contributed by atoms with Crippen molar-refractivity contribution >= 4 is 17.2 Å². The van der Waals surface area contributed by atoms with Crippen molar-refractivity contribution < 1.29 is 0 Å². The summed E-state index contributed by atoms with van der Waals surface area (Å²) in [6.45, 7) is 4.07. The lowest BCUT2D eigenvalue weighted by Crippen LogP contribution is -2.34. The predicted octanol–water partition coefficient (Wildman–Crippen LogP) is 3.41. The first kappa shape index (κ1) is 10.7. The predicted molar refractivity (Wildman–Crippen MR) is 66.0 cm³/mol. The van der Waals surface area contributed by atoms with Gasteiger partial charge in [-0.3, -0.25) is 0 Å². The summed E-state index contributed by atoms with van der Waals surface area (Å²) in [6, 6.07) is 6.08. The molecule has 0 saturated heterocycles. The zero-order valence-electron chi connectivity index (χ0n) is 9.18. The van der Waals surface area contributed by atoms with Gasteiger partial charge in [0.1, 0.15) is 0 Å². The quantitative estimate of drug-likeness (QED) is 0.773. The van der Waals surface area contributed by atoms with Gasteiger partial charge in [-0.15, -0.1) is 0 Å². The van der Waals surface area contributed by atoms with Gasteiger partial charge in [-0.2, -0.15) is 0 Å². The standard InChI is InChI=1S/C13H16ClN/c1-13(2,15)12-5-3-4-9-6-7-10(14)8-11(9)12/h5-8H,3-4,15H2,1-2H3. The van der Waals surface area contributed by atoms with Gasteiger partial charge in [-0.05, 0) is 55.5 Å². The highest BCUT2D eigenvalue weighted by molar-refractivity contribution is 6.30. The molecule has 80 valence electrons. The van der Waals surface area contributed by atoms with Crippen LogP contribution in [0.25, 0.3) is 5.57 Å². The van der Waals surface area contributed by atoms with Gasteiger partial charge in [0.2, 0.25) is 0 Å². The Bertz CT molecular complexity index is 413. The lowest BCUT2D eigenvalue weighted by molar-refractivity contribution is 0.667. The molecule has 1 aliphatic carbocycles. The van der Waals surface area contributed by atoms with Gasteiger partial charge in [0.15, 0.2) is 0 Å². The third-order valence-corrected chi connectivity index (χ3v) is 3.05. The van der Waals surface area contributed by atoms with Crippen molar-refractivity contribution in [2.24, 2.45) is 5.73 Å². The fraction of sp³-hybridized carbons (Fsp3) is 0.385. The fourth-order valence-electron chi connectivity index (χ4n) is 2.11. The van der Waals surface area contributed by atoms with Crippen LogP contribution in [-0.2, 0) is 6.42 Å². The third-order valence-electron chi connectivity index (χ3n) is 2.82. The van der Waals surface area contributed by atoms with Crippen molar-refractivity contribution in [3.05, 3.63) is 40.4 Å². The molecule has 0 aliphatic heterocycles. The second-order valence-corrected chi connectivity index (χ2v) is 5.12. The van der Waals surface area contributed by atoms with E-state index in [1.165, 1.54) is 16.7 Å². The van der Waals surface area contributed by atoms with E-state index in [4.69, 9.17) is 17.3 Å². The Morgan fingerprint density at radius 2 is 2.07 bits per heavy atom. The molecule has 0 radical (unpaired) electrons. The van der Waals surface area contributed by atoms with E-state index in [-0.39, 0.29) is 5.54 Å². The number of hydrogen-bond donors (Lipinski definition) is 1. The highest BCUT2D eigenvalue weighted by Crippen LogP contribution is 2.34. The molecule has 0 fully saturated rings. The lowest BCUT2D eigenvalue weighted by Gasteiger charge is -2.28. The van der Waals surface area contributed by atoms with Gasteiger partial charge in [0, 0.05) is 10.6 Å². The molecule has 15 heavy (non-hydrogen) atoms. The van der Waals surface area contributed by atoms with Crippen molar-refractivity contribution in [2.75, 3.05) is 0 Å². The van der Waals surface area contributed by atoms with Crippen LogP contribution in [0.2, 0.25) is 5.02 Å². The molecular formula is C13H16ClN. The average molecular weight is 222 g/mol. The molecule has 2 rings (SSSR count). The highest BCUT2D eigenvalue weighted by atomic mass is 35.5. The largest absolute Gasteiger partial charge is 0.322 e. The zero-order chi connectivity index (χ0) is 11.1. The minimum absolute atomic E-state index is 0.292. The van der Waals surface area contributed by atoms with Crippen LogP contribution in [0.3, 0.4) is 0 Å². The smallest absolute Gasteiger partial charge is 0.0412 e. The summed E-state index contributed by atoms with van der Waals surface area (Å²) in [5, 5.41) is 0.783. The summed E-state index contributed by atoms with van der Waals surface area (Å²) in [4.78, 5) is 0. The molecule has 0 spiro atoms. The summed E-state index contributed by atoms with van der Waals surface area (Å²) in [5.74, 6) is 0. The van der Waals surface area contributed by atoms with Crippen LogP contribution < -0.4 is 5.73 Å². The molecule has 1 aliphatic rings. The fourth-order valence-corrected chi connectivity index (χ4v) is 2.28. The van der Waals surface area contributed by atoms with Crippen molar-refractivity contribution in [1.29, 1.82) is 0 Å². The second-order valence-electron chi connectivity index (χ2n) is 4.68. The number of rotatable bonds is 1. The van der Waals surface area contributed by atoms with E-state index in [0.29, 0.717) is 0 Å². The highest BCUT2D eigenvalue weighted by Gasteiger charge is 2.23. The number of nitrogens with two attached hydrogens (primary N) is 1. The van der Waals surface area contributed by atoms with Crippen LogP contribution in [0, 0.1) is 0 Å². The molecule has 1 aromatic carbocycles. The maximum Gasteiger partial charge on any atom is 0.0412 e. The Balaban J connectivity index is 2.54. The SMILES string of the molecule is CC(C)(N)C1=CCCc2ccc(Cl)cc21. The van der Waals surface area contributed by atoms with Gasteiger partial charge >= 0.3 is 0 Å². The molecule has 1 nitrogen and oxygen atoms in total. The Morgan fingerprint density at radius 1 is 1.33 bits per heavy atom. The third kappa shape index (κ3) is 2.09. The van der Waals surface area contributed by atoms with Crippen molar-refractivity contribution in [3.8, 4) is 0 Å². The van der Waals surface area contributed by atoms with Crippen LogP contribution in [-0.4, -0.2) is 5.54 Å². The topological polar surface area (TPSA) is 26.0 Å². The summed E-state index contributed by atoms with van der Waals surface area (Å²) in [5.41, 5.74) is 9.67. The van der Waals surface area contributed by atoms with Gasteiger partial charge < -0.3 is 5.73 Å². The number of halogens is 1. The normalized spacial score (nSPS) is 15.9. The molecule has 0 saturated carbocycles. The second kappa shape index (κ2) is 3.66. The Hall–Kier alpha value is -0.790. The van der Waals surface area contributed by atoms with Crippen LogP contribution >= 0.6 is 11.6 Å². The van der Waals surface area contributed by atoms with Crippen molar-refractivity contribution in [3.63, 3.8) is 0 Å². The number of hydrogen-bond acceptors (Lipinski definition) is 1. The van der Waals surface area contributed by atoms with Crippen LogP contribution in [0.1, 0.15) is 31.4 Å². The minimum Gasteiger partial charge on any atom is -0.322 e. The molecule has 2 heteroatoms.